The Morgan fingerprint density at radius 3 is 2.33 bits per heavy atom. The van der Waals surface area contributed by atoms with Crippen LogP contribution in [0, 0.1) is 11.3 Å². The van der Waals surface area contributed by atoms with Gasteiger partial charge in [-0.3, -0.25) is 4.18 Å². The maximum absolute atomic E-state index is 13.2. The summed E-state index contributed by atoms with van der Waals surface area (Å²) in [4.78, 5) is 0. The summed E-state index contributed by atoms with van der Waals surface area (Å²) in [5, 5.41) is 0. The molecular formula is C9H14F2O3S. The number of alkyl halides is 2. The zero-order valence-corrected chi connectivity index (χ0v) is 9.32. The van der Waals surface area contributed by atoms with Crippen LogP contribution in [0.1, 0.15) is 25.7 Å². The molecule has 0 amide bonds. The quantitative estimate of drug-likeness (QED) is 0.706. The van der Waals surface area contributed by atoms with E-state index in [0.717, 1.165) is 25.5 Å². The molecule has 0 radical (unpaired) electrons. The highest BCUT2D eigenvalue weighted by Crippen LogP contribution is 2.66. The monoisotopic (exact) mass is 240 g/mol. The Morgan fingerprint density at radius 2 is 2.00 bits per heavy atom. The smallest absolute Gasteiger partial charge is 0.264 e. The molecule has 2 rings (SSSR count). The van der Waals surface area contributed by atoms with Crippen molar-refractivity contribution in [3.05, 3.63) is 0 Å². The maximum Gasteiger partial charge on any atom is 0.264 e. The van der Waals surface area contributed by atoms with Crippen LogP contribution in [0.25, 0.3) is 0 Å². The van der Waals surface area contributed by atoms with E-state index in [1.165, 1.54) is 0 Å². The molecule has 0 bridgehead atoms. The Labute approximate surface area is 87.9 Å². The van der Waals surface area contributed by atoms with Crippen molar-refractivity contribution in [1.82, 2.24) is 0 Å². The molecule has 1 unspecified atom stereocenters. The summed E-state index contributed by atoms with van der Waals surface area (Å²) in [5.74, 6) is -3.65. The average molecular weight is 240 g/mol. The molecule has 0 aromatic rings. The third kappa shape index (κ3) is 1.89. The minimum Gasteiger partial charge on any atom is -0.270 e. The van der Waals surface area contributed by atoms with Crippen LogP contribution in [0.3, 0.4) is 0 Å². The van der Waals surface area contributed by atoms with Crippen molar-refractivity contribution in [3.8, 4) is 0 Å². The lowest BCUT2D eigenvalue weighted by Gasteiger charge is -2.59. The summed E-state index contributed by atoms with van der Waals surface area (Å²) >= 11 is 0. The Hall–Kier alpha value is -0.230. The van der Waals surface area contributed by atoms with Crippen molar-refractivity contribution >= 4 is 10.1 Å². The molecule has 2 saturated carbocycles. The highest BCUT2D eigenvalue weighted by atomic mass is 32.2. The van der Waals surface area contributed by atoms with Crippen LogP contribution in [0.15, 0.2) is 0 Å². The van der Waals surface area contributed by atoms with Gasteiger partial charge in [-0.05, 0) is 18.3 Å². The molecule has 0 N–H and O–H groups in total. The topological polar surface area (TPSA) is 43.4 Å². The van der Waals surface area contributed by atoms with Crippen molar-refractivity contribution in [1.29, 1.82) is 0 Å². The van der Waals surface area contributed by atoms with Gasteiger partial charge < -0.3 is 0 Å². The molecule has 15 heavy (non-hydrogen) atoms. The Bertz CT molecular complexity index is 360. The van der Waals surface area contributed by atoms with Crippen LogP contribution < -0.4 is 0 Å². The van der Waals surface area contributed by atoms with Crippen molar-refractivity contribution in [3.63, 3.8) is 0 Å². The van der Waals surface area contributed by atoms with Gasteiger partial charge >= 0.3 is 0 Å². The van der Waals surface area contributed by atoms with E-state index in [-0.39, 0.29) is 18.4 Å². The van der Waals surface area contributed by atoms with Crippen LogP contribution in [-0.2, 0) is 14.3 Å². The normalized spacial score (nSPS) is 32.1. The third-order valence-corrected chi connectivity index (χ3v) is 4.20. The van der Waals surface area contributed by atoms with E-state index >= 15 is 0 Å². The third-order valence-electron chi connectivity index (χ3n) is 3.63. The van der Waals surface area contributed by atoms with E-state index in [1.807, 2.05) is 0 Å². The van der Waals surface area contributed by atoms with Gasteiger partial charge in [0, 0.05) is 6.42 Å². The summed E-state index contributed by atoms with van der Waals surface area (Å²) < 4.78 is 52.4. The molecule has 0 saturated heterocycles. The molecule has 2 aliphatic rings. The first-order chi connectivity index (χ1) is 6.75. The standard InChI is InChI=1S/C9H14F2O3S/c1-15(12,13)14-5-7-8(3-2-4-8)6-9(7,10)11/h7H,2-6H2,1H3. The van der Waals surface area contributed by atoms with Gasteiger partial charge in [-0.15, -0.1) is 0 Å². The van der Waals surface area contributed by atoms with Crippen molar-refractivity contribution in [2.24, 2.45) is 11.3 Å². The Kier molecular flexibility index (Phi) is 2.35. The summed E-state index contributed by atoms with van der Waals surface area (Å²) in [5.41, 5.74) is -0.325. The van der Waals surface area contributed by atoms with Gasteiger partial charge in [-0.1, -0.05) is 6.42 Å². The fraction of sp³-hybridized carbons (Fsp3) is 1.00. The van der Waals surface area contributed by atoms with Crippen LogP contribution in [-0.4, -0.2) is 27.2 Å². The van der Waals surface area contributed by atoms with Gasteiger partial charge in [0.15, 0.2) is 0 Å². The first-order valence-corrected chi connectivity index (χ1v) is 6.79. The largest absolute Gasteiger partial charge is 0.270 e. The molecule has 1 atom stereocenters. The second-order valence-electron chi connectivity index (χ2n) is 4.69. The van der Waals surface area contributed by atoms with E-state index in [4.69, 9.17) is 0 Å². The van der Waals surface area contributed by atoms with Gasteiger partial charge in [0.05, 0.1) is 18.8 Å². The summed E-state index contributed by atoms with van der Waals surface area (Å²) in [7, 11) is -3.61. The van der Waals surface area contributed by atoms with Gasteiger partial charge in [0.1, 0.15) is 0 Å². The van der Waals surface area contributed by atoms with Crippen LogP contribution >= 0.6 is 0 Å². The summed E-state index contributed by atoms with van der Waals surface area (Å²) in [6.45, 7) is -0.369. The molecule has 3 nitrogen and oxygen atoms in total. The Balaban J connectivity index is 2.00. The van der Waals surface area contributed by atoms with E-state index in [9.17, 15) is 17.2 Å². The second-order valence-corrected chi connectivity index (χ2v) is 6.34. The van der Waals surface area contributed by atoms with Crippen LogP contribution in [0.4, 0.5) is 8.78 Å². The number of rotatable bonds is 3. The number of hydrogen-bond donors (Lipinski definition) is 0. The van der Waals surface area contributed by atoms with Gasteiger partial charge in [-0.25, -0.2) is 8.78 Å². The lowest BCUT2D eigenvalue weighted by Crippen LogP contribution is -2.61. The zero-order valence-electron chi connectivity index (χ0n) is 8.50. The lowest BCUT2D eigenvalue weighted by atomic mass is 9.48. The molecule has 0 aliphatic heterocycles. The molecule has 2 aliphatic carbocycles. The van der Waals surface area contributed by atoms with E-state index in [1.54, 1.807) is 0 Å². The molecule has 1 spiro atoms. The van der Waals surface area contributed by atoms with Crippen LogP contribution in [0.5, 0.6) is 0 Å². The summed E-state index contributed by atoms with van der Waals surface area (Å²) in [6.07, 6.45) is 3.31. The van der Waals surface area contributed by atoms with Gasteiger partial charge in [0.2, 0.25) is 0 Å². The number of halogens is 2. The first kappa shape index (κ1) is 11.3. The lowest BCUT2D eigenvalue weighted by molar-refractivity contribution is -0.260. The minimum absolute atomic E-state index is 0.0994. The Morgan fingerprint density at radius 1 is 1.40 bits per heavy atom. The van der Waals surface area contributed by atoms with Gasteiger partial charge in [-0.2, -0.15) is 8.42 Å². The molecule has 2 fully saturated rings. The summed E-state index contributed by atoms with van der Waals surface area (Å²) in [6, 6.07) is 0. The average Bonchev–Trinajstić information content (AvgIpc) is 1.94. The SMILES string of the molecule is CS(=O)(=O)OCC1C(F)(F)CC12CCC2. The predicted molar refractivity (Wildman–Crippen MR) is 50.1 cm³/mol. The van der Waals surface area contributed by atoms with Crippen LogP contribution in [0.2, 0.25) is 0 Å². The van der Waals surface area contributed by atoms with Crippen molar-refractivity contribution < 1.29 is 21.4 Å². The van der Waals surface area contributed by atoms with E-state index in [2.05, 4.69) is 4.18 Å². The molecular weight excluding hydrogens is 226 g/mol. The maximum atomic E-state index is 13.2. The highest BCUT2D eigenvalue weighted by Gasteiger charge is 2.67. The van der Waals surface area contributed by atoms with Crippen molar-refractivity contribution in [2.75, 3.05) is 12.9 Å². The molecule has 88 valence electrons. The molecule has 0 aromatic heterocycles. The highest BCUT2D eigenvalue weighted by molar-refractivity contribution is 7.85. The van der Waals surface area contributed by atoms with Crippen molar-refractivity contribution in [2.45, 2.75) is 31.6 Å². The molecule has 6 heteroatoms. The molecule has 0 heterocycles. The zero-order chi connectivity index (χ0) is 11.3. The fourth-order valence-corrected chi connectivity index (χ4v) is 3.06. The minimum atomic E-state index is -3.61. The fourth-order valence-electron chi connectivity index (χ4n) is 2.68. The first-order valence-electron chi connectivity index (χ1n) is 4.97. The number of hydrogen-bond acceptors (Lipinski definition) is 3. The van der Waals surface area contributed by atoms with E-state index in [0.29, 0.717) is 0 Å². The molecule has 0 aromatic carbocycles. The predicted octanol–water partition coefficient (Wildman–Crippen LogP) is 1.79. The van der Waals surface area contributed by atoms with Gasteiger partial charge in [0.25, 0.3) is 16.0 Å². The van der Waals surface area contributed by atoms with E-state index < -0.39 is 22.0 Å². The second kappa shape index (κ2) is 3.13.